The summed E-state index contributed by atoms with van der Waals surface area (Å²) in [5.41, 5.74) is 10.1. The summed E-state index contributed by atoms with van der Waals surface area (Å²) in [5, 5.41) is 9.80. The van der Waals surface area contributed by atoms with Crippen molar-refractivity contribution in [3.05, 3.63) is 340 Å². The first-order valence-electron chi connectivity index (χ1n) is 39.5. The van der Waals surface area contributed by atoms with E-state index in [0.29, 0.717) is 56.6 Å². The average Bonchev–Trinajstić information content (AvgIpc) is 0.828. The van der Waals surface area contributed by atoms with Crippen molar-refractivity contribution in [2.24, 2.45) is 0 Å². The van der Waals surface area contributed by atoms with Gasteiger partial charge in [-0.1, -0.05) is 156 Å². The van der Waals surface area contributed by atoms with E-state index >= 15 is 0 Å². The van der Waals surface area contributed by atoms with Gasteiger partial charge in [0.25, 0.3) is 0 Å². The molecule has 0 heterocycles. The van der Waals surface area contributed by atoms with Crippen molar-refractivity contribution in [2.45, 2.75) is 72.8 Å². The van der Waals surface area contributed by atoms with Crippen molar-refractivity contribution in [3.8, 4) is 125 Å². The van der Waals surface area contributed by atoms with Gasteiger partial charge >= 0.3 is 71.6 Å². The summed E-state index contributed by atoms with van der Waals surface area (Å²) in [5.74, 6) is -4.72. The number of aliphatic hydroxyl groups excluding tert-OH is 1. The van der Waals surface area contributed by atoms with Gasteiger partial charge in [-0.3, -0.25) is 14.4 Å². The molecule has 130 heavy (non-hydrogen) atoms. The van der Waals surface area contributed by atoms with Crippen LogP contribution in [0.4, 0.5) is 0 Å². The van der Waals surface area contributed by atoms with Crippen LogP contribution in [0.25, 0.3) is 44.5 Å². The number of carbonyl (C=O) groups excluding carboxylic acids is 12. The minimum absolute atomic E-state index is 0.00406. The first-order valence-corrected chi connectivity index (χ1v) is 39.5. The third kappa shape index (κ3) is 29.9. The van der Waals surface area contributed by atoms with Gasteiger partial charge in [-0.15, -0.1) is 0 Å². The van der Waals surface area contributed by atoms with Crippen molar-refractivity contribution in [1.29, 1.82) is 0 Å². The smallest absolute Gasteiger partial charge is 0.338 e. The fourth-order valence-corrected chi connectivity index (χ4v) is 11.2. The number of aryl methyl sites for hydroxylation is 3. The van der Waals surface area contributed by atoms with Crippen LogP contribution in [0.3, 0.4) is 0 Å². The van der Waals surface area contributed by atoms with E-state index < -0.39 is 71.6 Å². The molecule has 0 aliphatic rings. The van der Waals surface area contributed by atoms with Gasteiger partial charge in [-0.05, 0) is 217 Å². The second kappa shape index (κ2) is 48.4. The number of benzene rings is 10. The molecule has 0 aliphatic heterocycles. The van der Waals surface area contributed by atoms with E-state index in [1.54, 1.807) is 141 Å². The third-order valence-electron chi connectivity index (χ3n) is 18.0. The number of methoxy groups -OCH3 is 2. The lowest BCUT2D eigenvalue weighted by atomic mass is 9.99. The quantitative estimate of drug-likeness (QED) is 0.0215. The Kier molecular flexibility index (Phi) is 36.6. The van der Waals surface area contributed by atoms with Gasteiger partial charge in [0.05, 0.1) is 20.8 Å². The summed E-state index contributed by atoms with van der Waals surface area (Å²) in [4.78, 5) is 144. The predicted molar refractivity (Wildman–Crippen MR) is 482 cm³/mol. The molecular formula is C103H90O27. The minimum atomic E-state index is -0.741. The van der Waals surface area contributed by atoms with Crippen molar-refractivity contribution in [3.63, 3.8) is 0 Å². The Morgan fingerprint density at radius 2 is 0.492 bits per heavy atom. The van der Waals surface area contributed by atoms with E-state index in [9.17, 15) is 62.6 Å². The molecule has 0 spiro atoms. The van der Waals surface area contributed by atoms with Gasteiger partial charge in [-0.25, -0.2) is 43.2 Å². The molecule has 0 radical (unpaired) electrons. The van der Waals surface area contributed by atoms with Crippen molar-refractivity contribution < 1.29 is 129 Å². The van der Waals surface area contributed by atoms with E-state index in [1.807, 2.05) is 42.5 Å². The first kappa shape index (κ1) is 98.5. The van der Waals surface area contributed by atoms with E-state index in [-0.39, 0.29) is 114 Å². The van der Waals surface area contributed by atoms with Crippen LogP contribution in [0.2, 0.25) is 0 Å². The van der Waals surface area contributed by atoms with Gasteiger partial charge < -0.3 is 71.4 Å². The number of ether oxygens (including phenoxy) is 14. The number of hydrogen-bond acceptors (Lipinski definition) is 27. The Labute approximate surface area is 749 Å². The molecule has 0 saturated heterocycles. The Bertz CT molecular complexity index is 6040. The molecule has 10 aromatic carbocycles. The van der Waals surface area contributed by atoms with Crippen molar-refractivity contribution in [1.82, 2.24) is 0 Å². The molecule has 664 valence electrons. The zero-order valence-corrected chi connectivity index (χ0v) is 71.9. The summed E-state index contributed by atoms with van der Waals surface area (Å²) in [6.07, 6.45) is 5.79. The van der Waals surface area contributed by atoms with Crippen LogP contribution in [0.15, 0.2) is 318 Å². The van der Waals surface area contributed by atoms with Gasteiger partial charge in [0, 0.05) is 77.5 Å². The second-order valence-electron chi connectivity index (χ2n) is 27.9. The van der Waals surface area contributed by atoms with Crippen LogP contribution >= 0.6 is 0 Å². The minimum Gasteiger partial charge on any atom is -0.493 e. The predicted octanol–water partition coefficient (Wildman–Crippen LogP) is 18.2. The van der Waals surface area contributed by atoms with E-state index in [1.165, 1.54) is 64.5 Å². The second-order valence-corrected chi connectivity index (χ2v) is 27.9. The largest absolute Gasteiger partial charge is 0.493 e. The highest BCUT2D eigenvalue weighted by molar-refractivity contribution is 5.93. The molecule has 27 nitrogen and oxygen atoms in total. The molecule has 0 fully saturated rings. The Balaban J connectivity index is 0.000000241. The highest BCUT2D eigenvalue weighted by Crippen LogP contribution is 2.39. The fraction of sp³-hybridized carbons (Fsp3) is 0.126. The molecule has 0 atom stereocenters. The summed E-state index contributed by atoms with van der Waals surface area (Å²) in [7, 11) is 2.92. The van der Waals surface area contributed by atoms with Crippen molar-refractivity contribution >= 4 is 71.6 Å². The lowest BCUT2D eigenvalue weighted by Gasteiger charge is -2.13. The number of hydrogen-bond donors (Lipinski definition) is 1. The average molecular weight is 1760 g/mol. The fourth-order valence-electron chi connectivity index (χ4n) is 11.2. The zero-order chi connectivity index (χ0) is 94.7. The third-order valence-corrected chi connectivity index (χ3v) is 18.0. The number of aliphatic hydroxyl groups is 1. The lowest BCUT2D eigenvalue weighted by Crippen LogP contribution is -2.13. The highest BCUT2D eigenvalue weighted by atomic mass is 16.6. The van der Waals surface area contributed by atoms with Crippen LogP contribution < -0.4 is 66.3 Å². The SMILES string of the molecule is C=CC(=O)Oc1ccc(-c2ccc(OC(=O)CCc3ccc(OC(=O)C(=C)C)c(OC(=O)C(=C)C)c3)c(OC)c2)cc1.C=CC(=O)Oc1ccc(CCC(=O)Oc2ccc(-c3ccc(-c4ccc(OC(=O)C(=C)C)c(CO)c4)cc3)cc2)cc1OC(=O)C=C.C=CC(=O)Oc1ccc(CCC(=O)Oc2ccc(-c3ccc(OC(=O)C(=C)C)cc3)cc2OC)cc1OC(=O)C=C. The normalized spacial score (nSPS) is 10.2. The maximum Gasteiger partial charge on any atom is 0.338 e. The van der Waals surface area contributed by atoms with Crippen LogP contribution in [-0.2, 0) is 83.4 Å². The maximum atomic E-state index is 12.7. The molecule has 0 aliphatic carbocycles. The highest BCUT2D eigenvalue weighted by Gasteiger charge is 2.23. The Hall–Kier alpha value is -16.9. The van der Waals surface area contributed by atoms with Gasteiger partial charge in [0.1, 0.15) is 23.0 Å². The lowest BCUT2D eigenvalue weighted by molar-refractivity contribution is -0.135. The summed E-state index contributed by atoms with van der Waals surface area (Å²) < 4.78 is 74.2. The topological polar surface area (TPSA) is 354 Å². The van der Waals surface area contributed by atoms with Crippen LogP contribution in [0.1, 0.15) is 69.2 Å². The van der Waals surface area contributed by atoms with Crippen molar-refractivity contribution in [2.75, 3.05) is 14.2 Å². The molecule has 1 N–H and O–H groups in total. The molecular weight excluding hydrogens is 1670 g/mol. The van der Waals surface area contributed by atoms with Gasteiger partial charge in [0.15, 0.2) is 57.5 Å². The molecule has 0 saturated carbocycles. The van der Waals surface area contributed by atoms with Gasteiger partial charge in [-0.2, -0.15) is 0 Å². The zero-order valence-electron chi connectivity index (χ0n) is 71.9. The summed E-state index contributed by atoms with van der Waals surface area (Å²) in [6, 6.07) is 57.9. The van der Waals surface area contributed by atoms with E-state index in [2.05, 4.69) is 59.2 Å². The maximum absolute atomic E-state index is 12.7. The number of rotatable bonds is 37. The number of esters is 12. The van der Waals surface area contributed by atoms with E-state index in [0.717, 1.165) is 74.9 Å². The molecule has 10 rings (SSSR count). The molecule has 27 heteroatoms. The monoisotopic (exact) mass is 1760 g/mol. The molecule has 0 amide bonds. The van der Waals surface area contributed by atoms with Crippen LogP contribution in [0, 0.1) is 0 Å². The number of carbonyl (C=O) groups is 12. The Morgan fingerprint density at radius 3 is 0.831 bits per heavy atom. The van der Waals surface area contributed by atoms with E-state index in [4.69, 9.17) is 66.3 Å². The van der Waals surface area contributed by atoms with Gasteiger partial charge in [0.2, 0.25) is 0 Å². The summed E-state index contributed by atoms with van der Waals surface area (Å²) in [6.45, 7) is 36.8. The molecule has 0 bridgehead atoms. The molecule has 10 aromatic rings. The van der Waals surface area contributed by atoms with Crippen LogP contribution in [0.5, 0.6) is 80.5 Å². The molecule has 0 unspecified atom stereocenters. The summed E-state index contributed by atoms with van der Waals surface area (Å²) >= 11 is 0. The molecule has 0 aromatic heterocycles. The Morgan fingerprint density at radius 1 is 0.254 bits per heavy atom. The van der Waals surface area contributed by atoms with Crippen LogP contribution in [-0.4, -0.2) is 91.0 Å². The first-order chi connectivity index (χ1) is 62.2. The standard InChI is InChI=1S/C38H32O9.C33H30O9.C32H28O9/c1-5-35(40)45-33-18-7-25(21-34(33)46-36(41)6-2)8-20-37(42)44-31-16-13-27(14-17-31)26-9-11-28(12-10-26)29-15-19-32(30(22-29)23-39)47-38(43)24(3)4;1-7-30(34)39-25-13-10-23(11-14-25)24-12-16-26(28(19-24)38-6)40-31(35)17-9-22-8-15-27(41-32(36)20(2)3)29(18-22)42-33(37)21(4)5;1-6-29(33)39-26-15-8-21(18-28(26)41-30(34)7-2)9-17-31(35)40-25-16-12-23(19-27(25)37-5)22-10-13-24(14-11-22)38-32(36)20(3)4/h5-7,9-19,21-22,39H,1-3,8,20,23H2,4H3;7-8,10-16,18-19H,1-2,4,9,17H2,3,5-6H3;6-8,10-16,18-19H,1-3,9,17H2,4-5H3.